The zero-order valence-corrected chi connectivity index (χ0v) is 12.8. The van der Waals surface area contributed by atoms with Gasteiger partial charge in [-0.05, 0) is 37.0 Å². The molecular formula is C17H28N2O. The van der Waals surface area contributed by atoms with Crippen LogP contribution < -0.4 is 11.1 Å². The third-order valence-corrected chi connectivity index (χ3v) is 3.50. The van der Waals surface area contributed by atoms with E-state index in [4.69, 9.17) is 5.73 Å². The highest BCUT2D eigenvalue weighted by molar-refractivity contribution is 5.94. The Morgan fingerprint density at radius 1 is 1.10 bits per heavy atom. The molecular weight excluding hydrogens is 248 g/mol. The lowest BCUT2D eigenvalue weighted by Crippen LogP contribution is -2.35. The molecule has 0 aliphatic heterocycles. The van der Waals surface area contributed by atoms with E-state index in [1.54, 1.807) is 0 Å². The lowest BCUT2D eigenvalue weighted by molar-refractivity contribution is -0.117. The number of hydrogen-bond donors (Lipinski definition) is 2. The Morgan fingerprint density at radius 2 is 1.75 bits per heavy atom. The second-order valence-corrected chi connectivity index (χ2v) is 5.39. The van der Waals surface area contributed by atoms with Crippen molar-refractivity contribution in [2.24, 2.45) is 5.73 Å². The summed E-state index contributed by atoms with van der Waals surface area (Å²) in [7, 11) is 0. The number of nitrogens with one attached hydrogen (secondary N) is 1. The lowest BCUT2D eigenvalue weighted by atomic mass is 10.1. The number of aryl methyl sites for hydroxylation is 1. The molecule has 1 aromatic carbocycles. The number of unbranched alkanes of at least 4 members (excludes halogenated alkanes) is 3. The maximum Gasteiger partial charge on any atom is 0.241 e. The summed E-state index contributed by atoms with van der Waals surface area (Å²) >= 11 is 0. The van der Waals surface area contributed by atoms with E-state index in [-0.39, 0.29) is 5.91 Å². The Bertz CT molecular complexity index is 386. The third kappa shape index (κ3) is 6.20. The van der Waals surface area contributed by atoms with Gasteiger partial charge in [-0.2, -0.15) is 0 Å². The minimum Gasteiger partial charge on any atom is -0.325 e. The summed E-state index contributed by atoms with van der Waals surface area (Å²) in [5.74, 6) is -0.0859. The molecule has 0 saturated carbocycles. The van der Waals surface area contributed by atoms with Crippen LogP contribution in [-0.2, 0) is 11.2 Å². The number of hydrogen-bond acceptors (Lipinski definition) is 2. The molecule has 20 heavy (non-hydrogen) atoms. The number of carbonyl (C=O) groups is 1. The van der Waals surface area contributed by atoms with Gasteiger partial charge in [0, 0.05) is 5.69 Å². The molecule has 1 atom stereocenters. The second kappa shape index (κ2) is 9.54. The van der Waals surface area contributed by atoms with E-state index in [0.29, 0.717) is 0 Å². The molecule has 3 N–H and O–H groups in total. The van der Waals surface area contributed by atoms with Crippen LogP contribution in [0.25, 0.3) is 0 Å². The average Bonchev–Trinajstić information content (AvgIpc) is 2.46. The first-order valence-corrected chi connectivity index (χ1v) is 7.82. The van der Waals surface area contributed by atoms with Crippen molar-refractivity contribution in [2.45, 2.75) is 64.8 Å². The first-order valence-electron chi connectivity index (χ1n) is 7.82. The lowest BCUT2D eigenvalue weighted by Gasteiger charge is -2.12. The normalized spacial score (nSPS) is 12.2. The monoisotopic (exact) mass is 276 g/mol. The van der Waals surface area contributed by atoms with Crippen molar-refractivity contribution >= 4 is 11.6 Å². The van der Waals surface area contributed by atoms with Crippen LogP contribution in [0.2, 0.25) is 0 Å². The van der Waals surface area contributed by atoms with Gasteiger partial charge in [0.15, 0.2) is 0 Å². The molecule has 1 unspecified atom stereocenters. The highest BCUT2D eigenvalue weighted by atomic mass is 16.2. The van der Waals surface area contributed by atoms with Crippen LogP contribution in [0.1, 0.15) is 57.9 Å². The number of nitrogens with two attached hydrogens (primary N) is 1. The van der Waals surface area contributed by atoms with Crippen molar-refractivity contribution in [1.29, 1.82) is 0 Å². The first kappa shape index (κ1) is 16.7. The van der Waals surface area contributed by atoms with Gasteiger partial charge in [0.2, 0.25) is 5.91 Å². The summed E-state index contributed by atoms with van der Waals surface area (Å²) in [6, 6.07) is 7.70. The predicted molar refractivity (Wildman–Crippen MR) is 85.8 cm³/mol. The van der Waals surface area contributed by atoms with E-state index in [9.17, 15) is 4.79 Å². The molecule has 0 saturated heterocycles. The fraction of sp³-hybridized carbons (Fsp3) is 0.588. The zero-order chi connectivity index (χ0) is 14.8. The number of benzene rings is 1. The Kier molecular flexibility index (Phi) is 7.97. The van der Waals surface area contributed by atoms with Crippen molar-refractivity contribution in [3.8, 4) is 0 Å². The Balaban J connectivity index is 2.42. The molecule has 0 fully saturated rings. The number of amides is 1. The minimum absolute atomic E-state index is 0.0859. The third-order valence-electron chi connectivity index (χ3n) is 3.50. The van der Waals surface area contributed by atoms with Crippen molar-refractivity contribution in [1.82, 2.24) is 0 Å². The number of carbonyl (C=O) groups excluding carboxylic acids is 1. The molecule has 0 radical (unpaired) electrons. The smallest absolute Gasteiger partial charge is 0.241 e. The van der Waals surface area contributed by atoms with Gasteiger partial charge in [0.25, 0.3) is 0 Å². The molecule has 0 heterocycles. The van der Waals surface area contributed by atoms with E-state index in [2.05, 4.69) is 31.3 Å². The summed E-state index contributed by atoms with van der Waals surface area (Å²) in [5.41, 5.74) is 8.01. The quantitative estimate of drug-likeness (QED) is 0.673. The maximum absolute atomic E-state index is 11.9. The maximum atomic E-state index is 11.9. The molecule has 0 bridgehead atoms. The fourth-order valence-electron chi connectivity index (χ4n) is 2.12. The minimum atomic E-state index is -0.404. The summed E-state index contributed by atoms with van der Waals surface area (Å²) in [4.78, 5) is 11.9. The number of anilines is 1. The van der Waals surface area contributed by atoms with Gasteiger partial charge in [-0.25, -0.2) is 0 Å². The Labute approximate surface area is 122 Å². The van der Waals surface area contributed by atoms with Gasteiger partial charge < -0.3 is 11.1 Å². The molecule has 0 aliphatic carbocycles. The Morgan fingerprint density at radius 3 is 2.35 bits per heavy atom. The van der Waals surface area contributed by atoms with Crippen LogP contribution >= 0.6 is 0 Å². The fourth-order valence-corrected chi connectivity index (χ4v) is 2.12. The molecule has 112 valence electrons. The van der Waals surface area contributed by atoms with Crippen LogP contribution in [0.5, 0.6) is 0 Å². The second-order valence-electron chi connectivity index (χ2n) is 5.39. The van der Waals surface area contributed by atoms with E-state index < -0.39 is 6.04 Å². The molecule has 3 heteroatoms. The van der Waals surface area contributed by atoms with Gasteiger partial charge in [-0.15, -0.1) is 0 Å². The molecule has 0 aliphatic rings. The van der Waals surface area contributed by atoms with Crippen LogP contribution in [0.15, 0.2) is 24.3 Å². The average molecular weight is 276 g/mol. The summed E-state index contributed by atoms with van der Waals surface area (Å²) in [6.07, 6.45) is 7.65. The van der Waals surface area contributed by atoms with Crippen LogP contribution in [0, 0.1) is 0 Å². The van der Waals surface area contributed by atoms with Gasteiger partial charge in [0.1, 0.15) is 0 Å². The van der Waals surface area contributed by atoms with Gasteiger partial charge >= 0.3 is 0 Å². The summed E-state index contributed by atoms with van der Waals surface area (Å²) < 4.78 is 0. The van der Waals surface area contributed by atoms with Crippen molar-refractivity contribution < 1.29 is 4.79 Å². The largest absolute Gasteiger partial charge is 0.325 e. The van der Waals surface area contributed by atoms with Crippen molar-refractivity contribution in [3.63, 3.8) is 0 Å². The first-order chi connectivity index (χ1) is 9.67. The zero-order valence-electron chi connectivity index (χ0n) is 12.8. The summed E-state index contributed by atoms with van der Waals surface area (Å²) in [6.45, 7) is 4.31. The van der Waals surface area contributed by atoms with Gasteiger partial charge in [-0.3, -0.25) is 4.79 Å². The molecule has 1 aromatic rings. The molecule has 1 rings (SSSR count). The molecule has 3 nitrogen and oxygen atoms in total. The SMILES string of the molecule is CCCCCc1ccc(NC(=O)C(N)CCCC)cc1. The highest BCUT2D eigenvalue weighted by Gasteiger charge is 2.12. The van der Waals surface area contributed by atoms with Crippen LogP contribution in [-0.4, -0.2) is 11.9 Å². The Hall–Kier alpha value is -1.35. The van der Waals surface area contributed by atoms with E-state index in [1.807, 2.05) is 12.1 Å². The number of rotatable bonds is 9. The predicted octanol–water partition coefficient (Wildman–Crippen LogP) is 3.88. The van der Waals surface area contributed by atoms with Crippen LogP contribution in [0.3, 0.4) is 0 Å². The van der Waals surface area contributed by atoms with Crippen molar-refractivity contribution in [3.05, 3.63) is 29.8 Å². The van der Waals surface area contributed by atoms with E-state index in [1.165, 1.54) is 24.8 Å². The molecule has 0 spiro atoms. The highest BCUT2D eigenvalue weighted by Crippen LogP contribution is 2.13. The van der Waals surface area contributed by atoms with Crippen molar-refractivity contribution in [2.75, 3.05) is 5.32 Å². The van der Waals surface area contributed by atoms with Gasteiger partial charge in [-0.1, -0.05) is 51.7 Å². The molecule has 0 aromatic heterocycles. The van der Waals surface area contributed by atoms with E-state index >= 15 is 0 Å². The standard InChI is InChI=1S/C17H28N2O/c1-3-5-7-8-14-10-12-15(13-11-14)19-17(20)16(18)9-6-4-2/h10-13,16H,3-9,18H2,1-2H3,(H,19,20). The summed E-state index contributed by atoms with van der Waals surface area (Å²) in [5, 5.41) is 2.88. The molecule has 1 amide bonds. The van der Waals surface area contributed by atoms with Gasteiger partial charge in [0.05, 0.1) is 6.04 Å². The van der Waals surface area contributed by atoms with Crippen LogP contribution in [0.4, 0.5) is 5.69 Å². The van der Waals surface area contributed by atoms with E-state index in [0.717, 1.165) is 31.4 Å². The topological polar surface area (TPSA) is 55.1 Å².